The molecule has 3 aliphatic heterocycles. The highest BCUT2D eigenvalue weighted by Gasteiger charge is 2.32. The van der Waals surface area contributed by atoms with Gasteiger partial charge in [-0.15, -0.1) is 0 Å². The summed E-state index contributed by atoms with van der Waals surface area (Å²) in [6, 6.07) is 3.53. The number of carbonyl (C=O) groups excluding carboxylic acids is 2. The fraction of sp³-hybridized carbons (Fsp3) is 0.714. The molecule has 1 atom stereocenters. The van der Waals surface area contributed by atoms with Gasteiger partial charge < -0.3 is 24.3 Å². The first-order valence-electron chi connectivity index (χ1n) is 10.7. The number of likely N-dealkylation sites (tertiary alicyclic amines) is 2. The van der Waals surface area contributed by atoms with Crippen molar-refractivity contribution in [2.24, 2.45) is 11.8 Å². The number of hydrogen-bond acceptors (Lipinski definition) is 4. The third kappa shape index (κ3) is 4.51. The summed E-state index contributed by atoms with van der Waals surface area (Å²) in [4.78, 5) is 28.6. The number of urea groups is 1. The fourth-order valence-electron chi connectivity index (χ4n) is 4.82. The van der Waals surface area contributed by atoms with Crippen molar-refractivity contribution in [1.29, 1.82) is 0 Å². The lowest BCUT2D eigenvalue weighted by Gasteiger charge is -2.40. The molecule has 1 unspecified atom stereocenters. The molecule has 0 aromatic carbocycles. The van der Waals surface area contributed by atoms with Crippen molar-refractivity contribution in [3.8, 4) is 0 Å². The molecule has 0 aliphatic carbocycles. The van der Waals surface area contributed by atoms with Gasteiger partial charge in [-0.3, -0.25) is 4.79 Å². The third-order valence-electron chi connectivity index (χ3n) is 6.56. The van der Waals surface area contributed by atoms with Gasteiger partial charge in [0.2, 0.25) is 0 Å². The average Bonchev–Trinajstić information content (AvgIpc) is 3.46. The lowest BCUT2D eigenvalue weighted by atomic mass is 9.79. The van der Waals surface area contributed by atoms with Gasteiger partial charge in [-0.1, -0.05) is 0 Å². The van der Waals surface area contributed by atoms with E-state index in [9.17, 15) is 9.59 Å². The molecule has 3 saturated heterocycles. The van der Waals surface area contributed by atoms with E-state index in [1.54, 1.807) is 18.4 Å². The zero-order chi connectivity index (χ0) is 19.3. The predicted octanol–water partition coefficient (Wildman–Crippen LogP) is 2.73. The van der Waals surface area contributed by atoms with E-state index in [-0.39, 0.29) is 18.0 Å². The molecule has 3 amide bonds. The summed E-state index contributed by atoms with van der Waals surface area (Å²) in [5.41, 5.74) is 0. The minimum Gasteiger partial charge on any atom is -0.459 e. The monoisotopic (exact) mass is 389 g/mol. The second kappa shape index (κ2) is 8.99. The number of hydrogen-bond donors (Lipinski definition) is 1. The molecule has 3 aliphatic rings. The smallest absolute Gasteiger partial charge is 0.317 e. The first-order valence-corrected chi connectivity index (χ1v) is 10.7. The molecule has 0 bridgehead atoms. The molecule has 1 aromatic heterocycles. The van der Waals surface area contributed by atoms with Crippen molar-refractivity contribution in [3.63, 3.8) is 0 Å². The summed E-state index contributed by atoms with van der Waals surface area (Å²) in [5.74, 6) is 1.74. The van der Waals surface area contributed by atoms with Crippen LogP contribution in [0.5, 0.6) is 0 Å². The van der Waals surface area contributed by atoms with Crippen molar-refractivity contribution in [1.82, 2.24) is 15.1 Å². The summed E-state index contributed by atoms with van der Waals surface area (Å²) in [7, 11) is 0. The Morgan fingerprint density at radius 2 is 1.68 bits per heavy atom. The number of carbonyl (C=O) groups is 2. The Morgan fingerprint density at radius 3 is 2.25 bits per heavy atom. The molecule has 154 valence electrons. The van der Waals surface area contributed by atoms with E-state index in [0.29, 0.717) is 24.1 Å². The maximum absolute atomic E-state index is 12.4. The van der Waals surface area contributed by atoms with Crippen LogP contribution in [0.4, 0.5) is 4.79 Å². The molecule has 1 N–H and O–H groups in total. The van der Waals surface area contributed by atoms with Gasteiger partial charge in [-0.2, -0.15) is 0 Å². The Hall–Kier alpha value is -2.02. The lowest BCUT2D eigenvalue weighted by Crippen LogP contribution is -2.48. The Morgan fingerprint density at radius 1 is 1.00 bits per heavy atom. The fourth-order valence-corrected chi connectivity index (χ4v) is 4.82. The highest BCUT2D eigenvalue weighted by molar-refractivity contribution is 5.91. The molecule has 4 rings (SSSR count). The molecule has 1 aromatic rings. The number of amides is 3. The topological polar surface area (TPSA) is 75.0 Å². The van der Waals surface area contributed by atoms with Crippen molar-refractivity contribution >= 4 is 11.9 Å². The van der Waals surface area contributed by atoms with E-state index in [1.165, 1.54) is 0 Å². The van der Waals surface area contributed by atoms with E-state index in [2.05, 4.69) is 5.32 Å². The number of piperidine rings is 2. The first-order chi connectivity index (χ1) is 13.7. The molecule has 4 heterocycles. The van der Waals surface area contributed by atoms with Gasteiger partial charge in [-0.05, 0) is 62.5 Å². The Bertz CT molecular complexity index is 641. The summed E-state index contributed by atoms with van der Waals surface area (Å²) >= 11 is 0. The van der Waals surface area contributed by atoms with Gasteiger partial charge in [-0.25, -0.2) is 4.79 Å². The van der Waals surface area contributed by atoms with Gasteiger partial charge in [0.1, 0.15) is 0 Å². The molecular weight excluding hydrogens is 358 g/mol. The van der Waals surface area contributed by atoms with E-state index in [4.69, 9.17) is 9.15 Å². The van der Waals surface area contributed by atoms with Crippen LogP contribution in [0.25, 0.3) is 0 Å². The summed E-state index contributed by atoms with van der Waals surface area (Å²) in [6.45, 7) is 4.69. The molecular formula is C21H31N3O4. The van der Waals surface area contributed by atoms with Crippen LogP contribution >= 0.6 is 0 Å². The predicted molar refractivity (Wildman–Crippen MR) is 104 cm³/mol. The second-order valence-corrected chi connectivity index (χ2v) is 8.25. The molecule has 0 saturated carbocycles. The van der Waals surface area contributed by atoms with Crippen LogP contribution in [-0.2, 0) is 4.74 Å². The SMILES string of the molecule is O=C(NCC1CCCO1)N1CCC(C2CCN(C(=O)c3ccco3)CC2)CC1. The summed E-state index contributed by atoms with van der Waals surface area (Å²) in [6.07, 6.45) is 8.08. The molecule has 3 fully saturated rings. The van der Waals surface area contributed by atoms with E-state index >= 15 is 0 Å². The zero-order valence-electron chi connectivity index (χ0n) is 16.5. The summed E-state index contributed by atoms with van der Waals surface area (Å²) in [5, 5.41) is 3.03. The minimum atomic E-state index is 0.00110. The van der Waals surface area contributed by atoms with Crippen molar-refractivity contribution < 1.29 is 18.7 Å². The lowest BCUT2D eigenvalue weighted by molar-refractivity contribution is 0.0585. The van der Waals surface area contributed by atoms with Gasteiger partial charge in [0, 0.05) is 39.3 Å². The van der Waals surface area contributed by atoms with Crippen molar-refractivity contribution in [3.05, 3.63) is 24.2 Å². The standard InChI is InChI=1S/C21H31N3O4/c25-20(19-4-2-14-28-19)23-9-5-16(6-10-23)17-7-11-24(12-8-17)21(26)22-15-18-3-1-13-27-18/h2,4,14,16-18H,1,3,5-13,15H2,(H,22,26). The number of nitrogens with one attached hydrogen (secondary N) is 1. The Labute approximate surface area is 166 Å². The van der Waals surface area contributed by atoms with Crippen molar-refractivity contribution in [2.75, 3.05) is 39.3 Å². The molecule has 7 heteroatoms. The van der Waals surface area contributed by atoms with Crippen LogP contribution in [-0.4, -0.2) is 67.2 Å². The number of ether oxygens (including phenoxy) is 1. The van der Waals surface area contributed by atoms with Crippen LogP contribution in [0, 0.1) is 11.8 Å². The maximum Gasteiger partial charge on any atom is 0.317 e. The molecule has 0 spiro atoms. The van der Waals surface area contributed by atoms with Crippen LogP contribution < -0.4 is 5.32 Å². The highest BCUT2D eigenvalue weighted by Crippen LogP contribution is 2.33. The molecule has 28 heavy (non-hydrogen) atoms. The van der Waals surface area contributed by atoms with Crippen LogP contribution in [0.15, 0.2) is 22.8 Å². The van der Waals surface area contributed by atoms with Gasteiger partial charge >= 0.3 is 6.03 Å². The number of rotatable bonds is 4. The third-order valence-corrected chi connectivity index (χ3v) is 6.56. The van der Waals surface area contributed by atoms with Crippen LogP contribution in [0.1, 0.15) is 49.1 Å². The zero-order valence-corrected chi connectivity index (χ0v) is 16.5. The van der Waals surface area contributed by atoms with Gasteiger partial charge in [0.05, 0.1) is 12.4 Å². The van der Waals surface area contributed by atoms with Gasteiger partial charge in [0.15, 0.2) is 5.76 Å². The first kappa shape index (κ1) is 19.3. The Kier molecular flexibility index (Phi) is 6.20. The number of nitrogens with zero attached hydrogens (tertiary/aromatic N) is 2. The van der Waals surface area contributed by atoms with Crippen LogP contribution in [0.3, 0.4) is 0 Å². The second-order valence-electron chi connectivity index (χ2n) is 8.25. The normalized spacial score (nSPS) is 24.5. The van der Waals surface area contributed by atoms with Crippen LogP contribution in [0.2, 0.25) is 0 Å². The van der Waals surface area contributed by atoms with E-state index in [0.717, 1.165) is 71.3 Å². The van der Waals surface area contributed by atoms with Crippen molar-refractivity contribution in [2.45, 2.75) is 44.6 Å². The molecule has 7 nitrogen and oxygen atoms in total. The number of furan rings is 1. The van der Waals surface area contributed by atoms with Gasteiger partial charge in [0.25, 0.3) is 5.91 Å². The largest absolute Gasteiger partial charge is 0.459 e. The quantitative estimate of drug-likeness (QED) is 0.859. The van der Waals surface area contributed by atoms with E-state index < -0.39 is 0 Å². The van der Waals surface area contributed by atoms with E-state index in [1.807, 2.05) is 9.80 Å². The highest BCUT2D eigenvalue weighted by atomic mass is 16.5. The molecule has 0 radical (unpaired) electrons. The maximum atomic E-state index is 12.4. The minimum absolute atomic E-state index is 0.00110. The Balaban J connectivity index is 1.17. The summed E-state index contributed by atoms with van der Waals surface area (Å²) < 4.78 is 10.8. The average molecular weight is 389 g/mol.